The van der Waals surface area contributed by atoms with Crippen LogP contribution in [-0.2, 0) is 24.1 Å². The smallest absolute Gasteiger partial charge is 0.225 e. The highest BCUT2D eigenvalue weighted by molar-refractivity contribution is 7.19. The van der Waals surface area contributed by atoms with Crippen molar-refractivity contribution in [2.75, 3.05) is 31.1 Å². The fourth-order valence-electron chi connectivity index (χ4n) is 5.09. The number of hydrogen-bond acceptors (Lipinski definition) is 5. The minimum absolute atomic E-state index is 0.300. The SMILES string of the molecule is CCCCc1nc(N2CCN(C(=O)C3CCC3)CC2)c2c3c(sc2n1)C[C@H](C)CC3. The van der Waals surface area contributed by atoms with Gasteiger partial charge in [-0.1, -0.05) is 26.7 Å². The van der Waals surface area contributed by atoms with Crippen molar-refractivity contribution in [1.29, 1.82) is 0 Å². The van der Waals surface area contributed by atoms with Crippen LogP contribution in [-0.4, -0.2) is 47.0 Å². The van der Waals surface area contributed by atoms with E-state index in [1.165, 1.54) is 39.9 Å². The maximum absolute atomic E-state index is 12.7. The molecule has 1 saturated heterocycles. The molecule has 3 heterocycles. The molecule has 5 rings (SSSR count). The lowest BCUT2D eigenvalue weighted by molar-refractivity contribution is -0.138. The van der Waals surface area contributed by atoms with E-state index in [9.17, 15) is 4.79 Å². The summed E-state index contributed by atoms with van der Waals surface area (Å²) in [6, 6.07) is 0. The number of amides is 1. The van der Waals surface area contributed by atoms with E-state index in [2.05, 4.69) is 23.6 Å². The van der Waals surface area contributed by atoms with Crippen LogP contribution < -0.4 is 4.90 Å². The van der Waals surface area contributed by atoms with Crippen LogP contribution >= 0.6 is 11.3 Å². The van der Waals surface area contributed by atoms with Crippen LogP contribution in [0.4, 0.5) is 5.82 Å². The maximum Gasteiger partial charge on any atom is 0.225 e. The third-order valence-corrected chi connectivity index (χ3v) is 8.43. The number of piperazine rings is 1. The van der Waals surface area contributed by atoms with E-state index >= 15 is 0 Å². The van der Waals surface area contributed by atoms with Gasteiger partial charge >= 0.3 is 0 Å². The van der Waals surface area contributed by atoms with Gasteiger partial charge < -0.3 is 9.80 Å². The molecule has 1 amide bonds. The Balaban J connectivity index is 1.44. The first-order valence-electron chi connectivity index (χ1n) is 12.0. The molecule has 1 saturated carbocycles. The predicted molar refractivity (Wildman–Crippen MR) is 123 cm³/mol. The minimum atomic E-state index is 0.300. The highest BCUT2D eigenvalue weighted by atomic mass is 32.1. The molecule has 2 aliphatic carbocycles. The number of fused-ring (bicyclic) bond motifs is 3. The molecule has 0 aromatic carbocycles. The normalized spacial score (nSPS) is 22.3. The number of unbranched alkanes of at least 4 members (excludes halogenated alkanes) is 1. The lowest BCUT2D eigenvalue weighted by Gasteiger charge is -2.39. The van der Waals surface area contributed by atoms with E-state index in [4.69, 9.17) is 9.97 Å². The van der Waals surface area contributed by atoms with Crippen LogP contribution in [0.15, 0.2) is 0 Å². The van der Waals surface area contributed by atoms with Gasteiger partial charge in [-0.05, 0) is 50.0 Å². The van der Waals surface area contributed by atoms with Gasteiger partial charge in [0, 0.05) is 43.4 Å². The van der Waals surface area contributed by atoms with Crippen molar-refractivity contribution in [1.82, 2.24) is 14.9 Å². The molecule has 162 valence electrons. The van der Waals surface area contributed by atoms with Gasteiger partial charge in [0.1, 0.15) is 16.5 Å². The van der Waals surface area contributed by atoms with E-state index < -0.39 is 0 Å². The third-order valence-electron chi connectivity index (χ3n) is 7.28. The summed E-state index contributed by atoms with van der Waals surface area (Å²) in [4.78, 5) is 30.0. The number of aromatic nitrogens is 2. The Morgan fingerprint density at radius 3 is 2.63 bits per heavy atom. The molecule has 0 spiro atoms. The average Bonchev–Trinajstić information content (AvgIpc) is 3.07. The number of hydrogen-bond donors (Lipinski definition) is 0. The van der Waals surface area contributed by atoms with Crippen molar-refractivity contribution >= 4 is 33.3 Å². The highest BCUT2D eigenvalue weighted by Crippen LogP contribution is 2.41. The monoisotopic (exact) mass is 426 g/mol. The van der Waals surface area contributed by atoms with Gasteiger partial charge in [0.15, 0.2) is 0 Å². The van der Waals surface area contributed by atoms with Crippen molar-refractivity contribution in [3.8, 4) is 0 Å². The zero-order valence-corrected chi connectivity index (χ0v) is 19.3. The molecule has 2 aromatic rings. The molecular weight excluding hydrogens is 392 g/mol. The molecule has 3 aliphatic rings. The molecule has 0 bridgehead atoms. The lowest BCUT2D eigenvalue weighted by Crippen LogP contribution is -2.51. The minimum Gasteiger partial charge on any atom is -0.352 e. The van der Waals surface area contributed by atoms with E-state index in [1.807, 2.05) is 11.3 Å². The third kappa shape index (κ3) is 3.72. The predicted octanol–water partition coefficient (Wildman–Crippen LogP) is 4.61. The van der Waals surface area contributed by atoms with Gasteiger partial charge in [0.2, 0.25) is 5.91 Å². The summed E-state index contributed by atoms with van der Waals surface area (Å²) in [5.74, 6) is 3.60. The van der Waals surface area contributed by atoms with Crippen molar-refractivity contribution in [2.24, 2.45) is 11.8 Å². The van der Waals surface area contributed by atoms with Crippen molar-refractivity contribution < 1.29 is 4.79 Å². The van der Waals surface area contributed by atoms with Crippen LogP contribution in [0, 0.1) is 11.8 Å². The fraction of sp³-hybridized carbons (Fsp3) is 0.708. The number of aryl methyl sites for hydroxylation is 2. The number of anilines is 1. The van der Waals surface area contributed by atoms with Gasteiger partial charge in [0.05, 0.1) is 5.39 Å². The summed E-state index contributed by atoms with van der Waals surface area (Å²) >= 11 is 1.91. The largest absolute Gasteiger partial charge is 0.352 e. The molecule has 2 fully saturated rings. The standard InChI is InChI=1S/C24H34N4OS/c1-3-4-8-20-25-22(21-18-10-9-16(2)15-19(18)30-23(21)26-20)27-11-13-28(14-12-27)24(29)17-6-5-7-17/h16-17H,3-15H2,1-2H3/t16-/m1/s1. The Labute approximate surface area is 183 Å². The second kappa shape index (κ2) is 8.45. The molecule has 5 nitrogen and oxygen atoms in total. The molecule has 1 atom stereocenters. The van der Waals surface area contributed by atoms with E-state index in [0.717, 1.165) is 82.3 Å². The van der Waals surface area contributed by atoms with Gasteiger partial charge in [-0.25, -0.2) is 9.97 Å². The number of nitrogens with zero attached hydrogens (tertiary/aromatic N) is 4. The molecular formula is C24H34N4OS. The van der Waals surface area contributed by atoms with Gasteiger partial charge in [-0.2, -0.15) is 0 Å². The summed E-state index contributed by atoms with van der Waals surface area (Å²) in [5, 5.41) is 1.32. The topological polar surface area (TPSA) is 49.3 Å². The molecule has 2 aromatic heterocycles. The van der Waals surface area contributed by atoms with Crippen molar-refractivity contribution in [2.45, 2.75) is 71.6 Å². The Morgan fingerprint density at radius 2 is 1.93 bits per heavy atom. The molecule has 0 unspecified atom stereocenters. The Bertz CT molecular complexity index is 927. The summed E-state index contributed by atoms with van der Waals surface area (Å²) in [7, 11) is 0. The van der Waals surface area contributed by atoms with Crippen molar-refractivity contribution in [3.05, 3.63) is 16.3 Å². The van der Waals surface area contributed by atoms with Crippen LogP contribution in [0.1, 0.15) is 68.6 Å². The van der Waals surface area contributed by atoms with Crippen LogP contribution in [0.5, 0.6) is 0 Å². The molecule has 6 heteroatoms. The first-order valence-corrected chi connectivity index (χ1v) is 12.8. The van der Waals surface area contributed by atoms with E-state index in [0.29, 0.717) is 11.8 Å². The van der Waals surface area contributed by atoms with Gasteiger partial charge in [-0.15, -0.1) is 11.3 Å². The zero-order valence-electron chi connectivity index (χ0n) is 18.5. The zero-order chi connectivity index (χ0) is 20.7. The van der Waals surface area contributed by atoms with Crippen LogP contribution in [0.2, 0.25) is 0 Å². The summed E-state index contributed by atoms with van der Waals surface area (Å²) in [5.41, 5.74) is 1.51. The second-order valence-electron chi connectivity index (χ2n) is 9.54. The van der Waals surface area contributed by atoms with Gasteiger partial charge in [-0.3, -0.25) is 4.79 Å². The molecule has 0 N–H and O–H groups in total. The molecule has 30 heavy (non-hydrogen) atoms. The summed E-state index contributed by atoms with van der Waals surface area (Å²) in [6.45, 7) is 8.02. The van der Waals surface area contributed by atoms with Crippen molar-refractivity contribution in [3.63, 3.8) is 0 Å². The summed E-state index contributed by atoms with van der Waals surface area (Å²) in [6.07, 6.45) is 10.3. The number of rotatable bonds is 5. The first kappa shape index (κ1) is 20.2. The average molecular weight is 427 g/mol. The number of carbonyl (C=O) groups excluding carboxylic acids is 1. The van der Waals surface area contributed by atoms with E-state index in [-0.39, 0.29) is 0 Å². The van der Waals surface area contributed by atoms with E-state index in [1.54, 1.807) is 0 Å². The van der Waals surface area contributed by atoms with Crippen LogP contribution in [0.25, 0.3) is 10.2 Å². The van der Waals surface area contributed by atoms with Gasteiger partial charge in [0.25, 0.3) is 0 Å². The molecule has 1 aliphatic heterocycles. The number of thiophene rings is 1. The van der Waals surface area contributed by atoms with Crippen LogP contribution in [0.3, 0.4) is 0 Å². The fourth-order valence-corrected chi connectivity index (χ4v) is 6.49. The lowest BCUT2D eigenvalue weighted by atomic mass is 9.84. The Hall–Kier alpha value is -1.69. The first-order chi connectivity index (χ1) is 14.6. The maximum atomic E-state index is 12.7. The Morgan fingerprint density at radius 1 is 1.13 bits per heavy atom. The quantitative estimate of drug-likeness (QED) is 0.701. The Kier molecular flexibility index (Phi) is 5.69. The summed E-state index contributed by atoms with van der Waals surface area (Å²) < 4.78 is 0. The second-order valence-corrected chi connectivity index (χ2v) is 10.6. The highest BCUT2D eigenvalue weighted by Gasteiger charge is 2.32. The number of carbonyl (C=O) groups is 1. The molecule has 0 radical (unpaired) electrons.